The van der Waals surface area contributed by atoms with Crippen LogP contribution in [0.5, 0.6) is 0 Å². The van der Waals surface area contributed by atoms with Gasteiger partial charge in [0.25, 0.3) is 5.91 Å². The SMILES string of the molecule is CC(C)C(=O)N(C)C(C)C(=O)C(=O)NCC1CCCCC1. The van der Waals surface area contributed by atoms with Crippen molar-refractivity contribution in [1.82, 2.24) is 10.2 Å². The first-order chi connectivity index (χ1) is 9.84. The first-order valence-electron chi connectivity index (χ1n) is 7.93. The van der Waals surface area contributed by atoms with E-state index in [0.29, 0.717) is 12.5 Å². The maximum absolute atomic E-state index is 12.1. The largest absolute Gasteiger partial charge is 0.349 e. The number of rotatable bonds is 6. The summed E-state index contributed by atoms with van der Waals surface area (Å²) in [5.41, 5.74) is 0. The third kappa shape index (κ3) is 5.14. The molecular formula is C16H28N2O3. The number of nitrogens with one attached hydrogen (secondary N) is 1. The Hall–Kier alpha value is -1.39. The average Bonchev–Trinajstić information content (AvgIpc) is 2.50. The summed E-state index contributed by atoms with van der Waals surface area (Å²) in [6, 6.07) is -0.716. The van der Waals surface area contributed by atoms with Gasteiger partial charge in [-0.2, -0.15) is 0 Å². The number of carbonyl (C=O) groups excluding carboxylic acids is 3. The van der Waals surface area contributed by atoms with Crippen molar-refractivity contribution in [2.75, 3.05) is 13.6 Å². The summed E-state index contributed by atoms with van der Waals surface area (Å²) in [6.45, 7) is 5.72. The summed E-state index contributed by atoms with van der Waals surface area (Å²) < 4.78 is 0. The van der Waals surface area contributed by atoms with Crippen LogP contribution in [0.4, 0.5) is 0 Å². The number of carbonyl (C=O) groups is 3. The van der Waals surface area contributed by atoms with Gasteiger partial charge in [-0.3, -0.25) is 14.4 Å². The van der Waals surface area contributed by atoms with Crippen LogP contribution >= 0.6 is 0 Å². The Labute approximate surface area is 127 Å². The number of ketones is 1. The molecule has 0 radical (unpaired) electrons. The average molecular weight is 296 g/mol. The predicted octanol–water partition coefficient (Wildman–Crippen LogP) is 1.75. The van der Waals surface area contributed by atoms with E-state index in [-0.39, 0.29) is 11.8 Å². The van der Waals surface area contributed by atoms with Crippen molar-refractivity contribution >= 4 is 17.6 Å². The molecule has 5 nitrogen and oxygen atoms in total. The highest BCUT2D eigenvalue weighted by atomic mass is 16.2. The van der Waals surface area contributed by atoms with Gasteiger partial charge in [0.05, 0.1) is 6.04 Å². The van der Waals surface area contributed by atoms with Gasteiger partial charge in [-0.05, 0) is 25.7 Å². The van der Waals surface area contributed by atoms with Gasteiger partial charge in [0, 0.05) is 19.5 Å². The maximum atomic E-state index is 12.1. The molecule has 1 fully saturated rings. The molecule has 120 valence electrons. The monoisotopic (exact) mass is 296 g/mol. The molecule has 0 aromatic carbocycles. The molecule has 1 aliphatic carbocycles. The Morgan fingerprint density at radius 3 is 2.19 bits per heavy atom. The van der Waals surface area contributed by atoms with Crippen molar-refractivity contribution in [2.45, 2.75) is 58.9 Å². The number of amides is 2. The van der Waals surface area contributed by atoms with Crippen LogP contribution in [0.15, 0.2) is 0 Å². The molecule has 1 rings (SSSR count). The van der Waals surface area contributed by atoms with Gasteiger partial charge in [0.1, 0.15) is 0 Å². The first kappa shape index (κ1) is 17.7. The molecule has 0 aromatic heterocycles. The van der Waals surface area contributed by atoms with Crippen LogP contribution in [-0.4, -0.2) is 42.1 Å². The lowest BCUT2D eigenvalue weighted by atomic mass is 9.89. The van der Waals surface area contributed by atoms with Gasteiger partial charge in [-0.25, -0.2) is 0 Å². The van der Waals surface area contributed by atoms with E-state index < -0.39 is 17.7 Å². The van der Waals surface area contributed by atoms with Gasteiger partial charge in [0.2, 0.25) is 11.7 Å². The maximum Gasteiger partial charge on any atom is 0.289 e. The fraction of sp³-hybridized carbons (Fsp3) is 0.812. The topological polar surface area (TPSA) is 66.5 Å². The normalized spacial score (nSPS) is 17.4. The van der Waals surface area contributed by atoms with Gasteiger partial charge >= 0.3 is 0 Å². The molecule has 0 bridgehead atoms. The zero-order valence-corrected chi connectivity index (χ0v) is 13.6. The Morgan fingerprint density at radius 2 is 1.67 bits per heavy atom. The fourth-order valence-electron chi connectivity index (χ4n) is 2.68. The minimum atomic E-state index is -0.716. The molecule has 1 unspecified atom stereocenters. The first-order valence-corrected chi connectivity index (χ1v) is 7.93. The molecule has 1 aliphatic rings. The summed E-state index contributed by atoms with van der Waals surface area (Å²) in [4.78, 5) is 37.2. The lowest BCUT2D eigenvalue weighted by Gasteiger charge is -2.26. The lowest BCUT2D eigenvalue weighted by molar-refractivity contribution is -0.145. The standard InChI is InChI=1S/C16H28N2O3/c1-11(2)16(21)18(4)12(3)14(19)15(20)17-10-13-8-6-5-7-9-13/h11-13H,5-10H2,1-4H3,(H,17,20). The second-order valence-electron chi connectivity index (χ2n) is 6.36. The van der Waals surface area contributed by atoms with Crippen LogP contribution in [-0.2, 0) is 14.4 Å². The Kier molecular flexibility index (Phi) is 6.85. The minimum Gasteiger partial charge on any atom is -0.349 e. The highest BCUT2D eigenvalue weighted by Gasteiger charge is 2.28. The highest BCUT2D eigenvalue weighted by Crippen LogP contribution is 2.22. The molecule has 0 saturated heterocycles. The molecule has 1 atom stereocenters. The van der Waals surface area contributed by atoms with Crippen molar-refractivity contribution in [3.63, 3.8) is 0 Å². The summed E-state index contributed by atoms with van der Waals surface area (Å²) >= 11 is 0. The van der Waals surface area contributed by atoms with E-state index >= 15 is 0 Å². The molecule has 2 amide bonds. The predicted molar refractivity (Wildman–Crippen MR) is 81.7 cm³/mol. The van der Waals surface area contributed by atoms with Crippen LogP contribution < -0.4 is 5.32 Å². The molecule has 1 saturated carbocycles. The number of nitrogens with zero attached hydrogens (tertiary/aromatic N) is 1. The third-order valence-electron chi connectivity index (χ3n) is 4.30. The van der Waals surface area contributed by atoms with Crippen molar-refractivity contribution in [3.8, 4) is 0 Å². The quantitative estimate of drug-likeness (QED) is 0.759. The number of hydrogen-bond donors (Lipinski definition) is 1. The molecule has 0 aliphatic heterocycles. The van der Waals surface area contributed by atoms with E-state index in [1.54, 1.807) is 27.8 Å². The summed E-state index contributed by atoms with van der Waals surface area (Å²) in [5.74, 6) is -0.939. The lowest BCUT2D eigenvalue weighted by Crippen LogP contribution is -2.48. The van der Waals surface area contributed by atoms with Gasteiger partial charge in [-0.1, -0.05) is 33.1 Å². The van der Waals surface area contributed by atoms with Crippen LogP contribution in [0.2, 0.25) is 0 Å². The molecule has 0 aromatic rings. The van der Waals surface area contributed by atoms with E-state index in [2.05, 4.69) is 5.32 Å². The number of Topliss-reactive ketones (excluding diaryl/α,β-unsaturated/α-hetero) is 1. The third-order valence-corrected chi connectivity index (χ3v) is 4.30. The van der Waals surface area contributed by atoms with E-state index in [4.69, 9.17) is 0 Å². The van der Waals surface area contributed by atoms with Crippen molar-refractivity contribution in [1.29, 1.82) is 0 Å². The Morgan fingerprint density at radius 1 is 1.10 bits per heavy atom. The van der Waals surface area contributed by atoms with Gasteiger partial charge in [-0.15, -0.1) is 0 Å². The minimum absolute atomic E-state index is 0.129. The summed E-state index contributed by atoms with van der Waals surface area (Å²) in [7, 11) is 1.57. The molecule has 5 heteroatoms. The molecule has 0 heterocycles. The number of likely N-dealkylation sites (N-methyl/N-ethyl adjacent to an activating group) is 1. The zero-order valence-electron chi connectivity index (χ0n) is 13.6. The molecule has 1 N–H and O–H groups in total. The second-order valence-corrected chi connectivity index (χ2v) is 6.36. The van der Waals surface area contributed by atoms with E-state index in [9.17, 15) is 14.4 Å². The second kappa shape index (κ2) is 8.15. The molecule has 0 spiro atoms. The van der Waals surface area contributed by atoms with Crippen molar-refractivity contribution in [3.05, 3.63) is 0 Å². The highest BCUT2D eigenvalue weighted by molar-refractivity contribution is 6.38. The van der Waals surface area contributed by atoms with E-state index in [1.165, 1.54) is 24.2 Å². The van der Waals surface area contributed by atoms with E-state index in [1.807, 2.05) is 0 Å². The molecule has 21 heavy (non-hydrogen) atoms. The summed E-state index contributed by atoms with van der Waals surface area (Å²) in [6.07, 6.45) is 5.92. The van der Waals surface area contributed by atoms with E-state index in [0.717, 1.165) is 12.8 Å². The van der Waals surface area contributed by atoms with Crippen LogP contribution in [0.25, 0.3) is 0 Å². The van der Waals surface area contributed by atoms with Crippen molar-refractivity contribution in [2.24, 2.45) is 11.8 Å². The van der Waals surface area contributed by atoms with Crippen LogP contribution in [0, 0.1) is 11.8 Å². The van der Waals surface area contributed by atoms with Gasteiger partial charge < -0.3 is 10.2 Å². The zero-order chi connectivity index (χ0) is 16.0. The molecular weight excluding hydrogens is 268 g/mol. The smallest absolute Gasteiger partial charge is 0.289 e. The summed E-state index contributed by atoms with van der Waals surface area (Å²) in [5, 5.41) is 2.73. The van der Waals surface area contributed by atoms with Crippen LogP contribution in [0.1, 0.15) is 52.9 Å². The Bertz CT molecular complexity index is 387. The Balaban J connectivity index is 2.45. The van der Waals surface area contributed by atoms with Crippen LogP contribution in [0.3, 0.4) is 0 Å². The fourth-order valence-corrected chi connectivity index (χ4v) is 2.68. The van der Waals surface area contributed by atoms with Crippen molar-refractivity contribution < 1.29 is 14.4 Å². The van der Waals surface area contributed by atoms with Gasteiger partial charge in [0.15, 0.2) is 0 Å². The number of hydrogen-bond acceptors (Lipinski definition) is 3.